The van der Waals surface area contributed by atoms with Crippen LogP contribution in [0.3, 0.4) is 0 Å². The van der Waals surface area contributed by atoms with Crippen LogP contribution in [0, 0.1) is 0 Å². The van der Waals surface area contributed by atoms with Gasteiger partial charge in [-0.3, -0.25) is 4.79 Å². The van der Waals surface area contributed by atoms with E-state index in [4.69, 9.17) is 20.4 Å². The standard InChI is InChI=1S/C28H30N6O4/c1-37-25-15-21(9-12-24(25)38-17-19-5-3-2-4-6-19)26(28(35)31-14-13-23-16-30-18-32-23)33-22-10-7-20(8-11-22)27(29)34-36/h2-12,15-16,18,26,33,36H,13-14,17H2,1H3,(H2,29,34)(H,30,32)(H,31,35)/t26-/m1/s1. The fourth-order valence-electron chi connectivity index (χ4n) is 3.82. The minimum Gasteiger partial charge on any atom is -0.493 e. The van der Waals surface area contributed by atoms with Crippen LogP contribution in [-0.2, 0) is 17.8 Å². The lowest BCUT2D eigenvalue weighted by molar-refractivity contribution is -0.121. The van der Waals surface area contributed by atoms with Crippen LogP contribution in [0.4, 0.5) is 5.69 Å². The monoisotopic (exact) mass is 514 g/mol. The second kappa shape index (κ2) is 12.8. The third-order valence-corrected chi connectivity index (χ3v) is 5.87. The van der Waals surface area contributed by atoms with E-state index in [1.165, 1.54) is 0 Å². The average Bonchev–Trinajstić information content (AvgIpc) is 3.48. The zero-order valence-corrected chi connectivity index (χ0v) is 20.9. The summed E-state index contributed by atoms with van der Waals surface area (Å²) in [5, 5.41) is 18.2. The Bertz CT molecular complexity index is 1340. The maximum absolute atomic E-state index is 13.3. The molecule has 0 unspecified atom stereocenters. The van der Waals surface area contributed by atoms with Crippen LogP contribution in [0.5, 0.6) is 11.5 Å². The van der Waals surface area contributed by atoms with Gasteiger partial charge in [0.15, 0.2) is 17.3 Å². The highest BCUT2D eigenvalue weighted by Crippen LogP contribution is 2.32. The number of nitrogens with zero attached hydrogens (tertiary/aromatic N) is 2. The number of aromatic amines is 1. The number of imidazole rings is 1. The number of anilines is 1. The van der Waals surface area contributed by atoms with Gasteiger partial charge in [0.25, 0.3) is 0 Å². The summed E-state index contributed by atoms with van der Waals surface area (Å²) in [6.45, 7) is 0.815. The maximum atomic E-state index is 13.3. The first kappa shape index (κ1) is 26.1. The van der Waals surface area contributed by atoms with Crippen LogP contribution in [0.25, 0.3) is 0 Å². The summed E-state index contributed by atoms with van der Waals surface area (Å²) in [4.78, 5) is 20.4. The summed E-state index contributed by atoms with van der Waals surface area (Å²) in [5.74, 6) is 0.866. The minimum atomic E-state index is -0.733. The Labute approximate surface area is 220 Å². The Kier molecular flexibility index (Phi) is 8.80. The SMILES string of the molecule is COc1cc([C@@H](Nc2ccc(C(N)=NO)cc2)C(=O)NCCc2cnc[nH]2)ccc1OCc1ccccc1. The number of hydrogen-bond acceptors (Lipinski definition) is 7. The molecule has 3 aromatic carbocycles. The van der Waals surface area contributed by atoms with E-state index in [-0.39, 0.29) is 11.7 Å². The molecule has 1 atom stereocenters. The van der Waals surface area contributed by atoms with Crippen LogP contribution < -0.4 is 25.8 Å². The van der Waals surface area contributed by atoms with E-state index < -0.39 is 6.04 Å². The summed E-state index contributed by atoms with van der Waals surface area (Å²) in [6, 6.07) is 21.4. The molecule has 0 fully saturated rings. The molecule has 6 N–H and O–H groups in total. The predicted octanol–water partition coefficient (Wildman–Crippen LogP) is 3.60. The Morgan fingerprint density at radius 1 is 1.11 bits per heavy atom. The molecule has 1 aromatic heterocycles. The first-order valence-electron chi connectivity index (χ1n) is 12.0. The molecule has 196 valence electrons. The molecule has 0 saturated heterocycles. The van der Waals surface area contributed by atoms with Gasteiger partial charge >= 0.3 is 0 Å². The number of carbonyl (C=O) groups is 1. The lowest BCUT2D eigenvalue weighted by Gasteiger charge is -2.21. The summed E-state index contributed by atoms with van der Waals surface area (Å²) >= 11 is 0. The molecular weight excluding hydrogens is 484 g/mol. The first-order valence-corrected chi connectivity index (χ1v) is 12.0. The number of ether oxygens (including phenoxy) is 2. The highest BCUT2D eigenvalue weighted by Gasteiger charge is 2.22. The Morgan fingerprint density at radius 2 is 1.89 bits per heavy atom. The number of amides is 1. The van der Waals surface area contributed by atoms with Crippen LogP contribution in [0.15, 0.2) is 90.5 Å². The first-order chi connectivity index (χ1) is 18.6. The molecule has 0 spiro atoms. The smallest absolute Gasteiger partial charge is 0.247 e. The summed E-state index contributed by atoms with van der Waals surface area (Å²) < 4.78 is 11.6. The van der Waals surface area contributed by atoms with E-state index in [2.05, 4.69) is 25.8 Å². The molecule has 10 heteroatoms. The lowest BCUT2D eigenvalue weighted by Crippen LogP contribution is -2.34. The quantitative estimate of drug-likeness (QED) is 0.0840. The molecule has 0 bridgehead atoms. The van der Waals surface area contributed by atoms with E-state index >= 15 is 0 Å². The van der Waals surface area contributed by atoms with Crippen LogP contribution in [0.2, 0.25) is 0 Å². The van der Waals surface area contributed by atoms with Gasteiger partial charge in [0.05, 0.1) is 13.4 Å². The molecule has 38 heavy (non-hydrogen) atoms. The molecule has 4 aromatic rings. The van der Waals surface area contributed by atoms with Crippen LogP contribution in [-0.4, -0.2) is 40.6 Å². The third-order valence-electron chi connectivity index (χ3n) is 5.87. The van der Waals surface area contributed by atoms with Crippen molar-refractivity contribution in [1.82, 2.24) is 15.3 Å². The molecule has 0 aliphatic carbocycles. The normalized spacial score (nSPS) is 12.0. The summed E-state index contributed by atoms with van der Waals surface area (Å²) in [5.41, 5.74) is 9.55. The molecule has 0 aliphatic rings. The number of carbonyl (C=O) groups excluding carboxylic acids is 1. The zero-order chi connectivity index (χ0) is 26.7. The minimum absolute atomic E-state index is 0.000442. The second-order valence-electron chi connectivity index (χ2n) is 8.44. The van der Waals surface area contributed by atoms with Gasteiger partial charge in [-0.05, 0) is 47.5 Å². The van der Waals surface area contributed by atoms with E-state index in [0.29, 0.717) is 47.9 Å². The van der Waals surface area contributed by atoms with Gasteiger partial charge in [0.1, 0.15) is 12.6 Å². The van der Waals surface area contributed by atoms with Crippen molar-refractivity contribution < 1.29 is 19.5 Å². The summed E-state index contributed by atoms with van der Waals surface area (Å²) in [6.07, 6.45) is 3.94. The van der Waals surface area contributed by atoms with Gasteiger partial charge in [-0.2, -0.15) is 0 Å². The van der Waals surface area contributed by atoms with Gasteiger partial charge in [-0.25, -0.2) is 4.98 Å². The van der Waals surface area contributed by atoms with Crippen LogP contribution >= 0.6 is 0 Å². The van der Waals surface area contributed by atoms with E-state index in [0.717, 1.165) is 11.3 Å². The van der Waals surface area contributed by atoms with Crippen molar-refractivity contribution in [2.45, 2.75) is 19.1 Å². The molecule has 0 aliphatic heterocycles. The number of benzene rings is 3. The highest BCUT2D eigenvalue weighted by atomic mass is 16.5. The molecule has 10 nitrogen and oxygen atoms in total. The third kappa shape index (κ3) is 6.82. The lowest BCUT2D eigenvalue weighted by atomic mass is 10.0. The Hall–Kier alpha value is -4.99. The number of methoxy groups -OCH3 is 1. The molecule has 0 saturated carbocycles. The van der Waals surface area contributed by atoms with Gasteiger partial charge < -0.3 is 36.0 Å². The zero-order valence-electron chi connectivity index (χ0n) is 20.9. The average molecular weight is 515 g/mol. The highest BCUT2D eigenvalue weighted by molar-refractivity contribution is 5.97. The van der Waals surface area contributed by atoms with Crippen molar-refractivity contribution in [3.8, 4) is 11.5 Å². The number of H-pyrrole nitrogens is 1. The topological polar surface area (TPSA) is 147 Å². The van der Waals surface area contributed by atoms with Crippen molar-refractivity contribution in [2.75, 3.05) is 19.0 Å². The van der Waals surface area contributed by atoms with Crippen molar-refractivity contribution in [3.05, 3.63) is 108 Å². The maximum Gasteiger partial charge on any atom is 0.247 e. The molecule has 1 heterocycles. The van der Waals surface area contributed by atoms with Gasteiger partial charge in [0, 0.05) is 36.1 Å². The largest absolute Gasteiger partial charge is 0.493 e. The van der Waals surface area contributed by atoms with E-state index in [1.807, 2.05) is 36.4 Å². The Balaban J connectivity index is 1.54. The molecular formula is C28H30N6O4. The molecule has 4 rings (SSSR count). The van der Waals surface area contributed by atoms with Crippen molar-refractivity contribution in [1.29, 1.82) is 0 Å². The number of rotatable bonds is 12. The van der Waals surface area contributed by atoms with Crippen molar-refractivity contribution >= 4 is 17.4 Å². The fourth-order valence-corrected chi connectivity index (χ4v) is 3.82. The van der Waals surface area contributed by atoms with Crippen LogP contribution in [0.1, 0.15) is 28.4 Å². The molecule has 0 radical (unpaired) electrons. The van der Waals surface area contributed by atoms with Crippen molar-refractivity contribution in [3.63, 3.8) is 0 Å². The predicted molar refractivity (Wildman–Crippen MR) is 144 cm³/mol. The number of aromatic nitrogens is 2. The van der Waals surface area contributed by atoms with Gasteiger partial charge in [0.2, 0.25) is 5.91 Å². The number of nitrogens with one attached hydrogen (secondary N) is 3. The van der Waals surface area contributed by atoms with Crippen molar-refractivity contribution in [2.24, 2.45) is 10.9 Å². The van der Waals surface area contributed by atoms with E-state index in [9.17, 15) is 4.79 Å². The Morgan fingerprint density at radius 3 is 2.58 bits per heavy atom. The van der Waals surface area contributed by atoms with Gasteiger partial charge in [-0.1, -0.05) is 41.6 Å². The number of hydrogen-bond donors (Lipinski definition) is 5. The van der Waals surface area contributed by atoms with Gasteiger partial charge in [-0.15, -0.1) is 0 Å². The second-order valence-corrected chi connectivity index (χ2v) is 8.44. The molecule has 1 amide bonds. The number of nitrogens with two attached hydrogens (primary N) is 1. The van der Waals surface area contributed by atoms with E-state index in [1.54, 1.807) is 56.0 Å². The fraction of sp³-hybridized carbons (Fsp3) is 0.179. The number of amidine groups is 1. The number of oxime groups is 1. The summed E-state index contributed by atoms with van der Waals surface area (Å²) in [7, 11) is 1.56.